The number of aliphatic hydroxyl groups excluding tert-OH is 1. The second kappa shape index (κ2) is 34.3. The van der Waals surface area contributed by atoms with Gasteiger partial charge >= 0.3 is 19.8 Å². The highest BCUT2D eigenvalue weighted by molar-refractivity contribution is 7.46. The molecule has 9 nitrogen and oxygen atoms in total. The van der Waals surface area contributed by atoms with Crippen LogP contribution in [0.1, 0.15) is 175 Å². The van der Waals surface area contributed by atoms with Gasteiger partial charge in [-0.1, -0.05) is 160 Å². The van der Waals surface area contributed by atoms with E-state index in [-0.39, 0.29) is 19.4 Å². The molecule has 0 aromatic carbocycles. The van der Waals surface area contributed by atoms with Crippen molar-refractivity contribution < 1.29 is 43.0 Å². The zero-order valence-corrected chi connectivity index (χ0v) is 32.7. The zero-order chi connectivity index (χ0) is 37.1. The monoisotopic (exact) mass is 728 g/mol. The Morgan fingerprint density at radius 3 is 1.72 bits per heavy atom. The third-order valence-corrected chi connectivity index (χ3v) is 8.92. The number of hydrogen-bond donors (Lipinski definition) is 3. The lowest BCUT2D eigenvalue weighted by Crippen LogP contribution is -2.29. The lowest BCUT2D eigenvalue weighted by atomic mass is 10.0. The highest BCUT2D eigenvalue weighted by Gasteiger charge is 2.22. The second-order valence-corrected chi connectivity index (χ2v) is 15.2. The van der Waals surface area contributed by atoms with Gasteiger partial charge in [-0.05, 0) is 44.4 Å². The molecule has 0 aliphatic rings. The van der Waals surface area contributed by atoms with Gasteiger partial charge in [0.05, 0.1) is 12.7 Å². The second-order valence-electron chi connectivity index (χ2n) is 13.9. The van der Waals surface area contributed by atoms with Crippen LogP contribution in [-0.4, -0.2) is 52.3 Å². The molecule has 0 fully saturated rings. The number of esters is 2. The molecule has 0 heterocycles. The van der Waals surface area contributed by atoms with E-state index in [0.717, 1.165) is 57.3 Å². The lowest BCUT2D eigenvalue weighted by Gasteiger charge is -2.18. The molecule has 0 aromatic rings. The molecular formula is C40H73O9P. The van der Waals surface area contributed by atoms with E-state index in [1.165, 1.54) is 70.6 Å². The predicted octanol–water partition coefficient (Wildman–Crippen LogP) is 10.6. The van der Waals surface area contributed by atoms with Gasteiger partial charge < -0.3 is 24.4 Å². The van der Waals surface area contributed by atoms with Crippen LogP contribution >= 0.6 is 7.82 Å². The van der Waals surface area contributed by atoms with Crippen LogP contribution in [0.5, 0.6) is 0 Å². The maximum atomic E-state index is 12.4. The first-order valence-electron chi connectivity index (χ1n) is 19.7. The fourth-order valence-electron chi connectivity index (χ4n) is 5.48. The van der Waals surface area contributed by atoms with E-state index in [1.54, 1.807) is 6.08 Å². The third kappa shape index (κ3) is 37.5. The fourth-order valence-corrected chi connectivity index (χ4v) is 5.84. The van der Waals surface area contributed by atoms with Crippen molar-refractivity contribution in [3.63, 3.8) is 0 Å². The summed E-state index contributed by atoms with van der Waals surface area (Å²) >= 11 is 0. The zero-order valence-electron chi connectivity index (χ0n) is 31.8. The minimum absolute atomic E-state index is 0.166. The Morgan fingerprint density at radius 1 is 0.660 bits per heavy atom. The Hall–Kier alpha value is -1.77. The van der Waals surface area contributed by atoms with E-state index < -0.39 is 38.6 Å². The molecule has 0 amide bonds. The number of phosphoric acid groups is 1. The predicted molar refractivity (Wildman–Crippen MR) is 204 cm³/mol. The molecular weight excluding hydrogens is 655 g/mol. The number of carbonyl (C=O) groups excluding carboxylic acids is 2. The number of allylic oxidation sites excluding steroid dienone is 4. The molecule has 0 aliphatic carbocycles. The molecule has 0 saturated carbocycles. The molecule has 0 bridgehead atoms. The Kier molecular flexibility index (Phi) is 33.1. The number of phosphoric ester groups is 1. The quantitative estimate of drug-likeness (QED) is 0.0191. The van der Waals surface area contributed by atoms with Crippen LogP contribution in [0.3, 0.4) is 0 Å². The van der Waals surface area contributed by atoms with Gasteiger partial charge in [0.1, 0.15) is 6.61 Å². The smallest absolute Gasteiger partial charge is 0.462 e. The highest BCUT2D eigenvalue weighted by Crippen LogP contribution is 2.36. The Bertz CT molecular complexity index is 941. The molecule has 10 heteroatoms. The standard InChI is InChI=1S/C40H73O9P/c1-4-5-24-30-37(41)31-26-21-17-13-11-15-19-23-28-33-40(43)49-38(35-48-50(44,45)46)34-47-39(42)32-27-22-18-14-10-8-6-7-9-12-16-20-25-29-36(2)3/h5,17,21,24,26,31,36-38,41H,4,6-16,18-20,22-23,25,27-30,32-35H2,1-3H3,(H2,44,45,46)/b21-17+,24-5+,31-26+/t37?,38-/m1/s1. The molecule has 0 aliphatic heterocycles. The number of unbranched alkanes of at least 4 members (excludes halogenated alkanes) is 17. The maximum absolute atomic E-state index is 12.4. The van der Waals surface area contributed by atoms with Crippen molar-refractivity contribution in [2.45, 2.75) is 187 Å². The molecule has 0 radical (unpaired) electrons. The van der Waals surface area contributed by atoms with Crippen molar-refractivity contribution in [1.29, 1.82) is 0 Å². The van der Waals surface area contributed by atoms with Crippen LogP contribution in [-0.2, 0) is 28.2 Å². The SMILES string of the molecule is CC/C=C/CC(O)/C=C/C=C/CCCCCCCC(=O)O[C@H](COC(=O)CCCCCCCCCCCCCCCC(C)C)COP(=O)(O)O. The van der Waals surface area contributed by atoms with Crippen LogP contribution in [0.25, 0.3) is 0 Å². The Balaban J connectivity index is 4.00. The summed E-state index contributed by atoms with van der Waals surface area (Å²) in [5.74, 6) is -0.115. The van der Waals surface area contributed by atoms with E-state index in [0.29, 0.717) is 19.3 Å². The largest absolute Gasteiger partial charge is 0.469 e. The summed E-state index contributed by atoms with van der Waals surface area (Å²) in [5.41, 5.74) is 0. The highest BCUT2D eigenvalue weighted by atomic mass is 31.2. The molecule has 1 unspecified atom stereocenters. The summed E-state index contributed by atoms with van der Waals surface area (Å²) in [6, 6.07) is 0. The van der Waals surface area contributed by atoms with Crippen molar-refractivity contribution in [3.05, 3.63) is 36.5 Å². The average molecular weight is 729 g/mol. The number of carbonyl (C=O) groups is 2. The maximum Gasteiger partial charge on any atom is 0.469 e. The molecule has 0 saturated heterocycles. The van der Waals surface area contributed by atoms with Gasteiger partial charge in [-0.2, -0.15) is 0 Å². The first-order valence-corrected chi connectivity index (χ1v) is 21.3. The number of rotatable bonds is 35. The molecule has 0 rings (SSSR count). The first-order chi connectivity index (χ1) is 24.0. The van der Waals surface area contributed by atoms with Gasteiger partial charge in [0, 0.05) is 12.8 Å². The summed E-state index contributed by atoms with van der Waals surface area (Å²) in [5, 5.41) is 9.83. The van der Waals surface area contributed by atoms with Gasteiger partial charge in [0.25, 0.3) is 0 Å². The van der Waals surface area contributed by atoms with E-state index in [9.17, 15) is 19.3 Å². The first kappa shape index (κ1) is 48.2. The normalized spacial score (nSPS) is 13.6. The van der Waals surface area contributed by atoms with E-state index >= 15 is 0 Å². The van der Waals surface area contributed by atoms with Crippen LogP contribution in [0.2, 0.25) is 0 Å². The van der Waals surface area contributed by atoms with Crippen molar-refractivity contribution >= 4 is 19.8 Å². The molecule has 3 N–H and O–H groups in total. The Morgan fingerprint density at radius 2 is 1.18 bits per heavy atom. The average Bonchev–Trinajstić information content (AvgIpc) is 3.06. The summed E-state index contributed by atoms with van der Waals surface area (Å²) in [6.07, 6.45) is 34.8. The van der Waals surface area contributed by atoms with E-state index in [4.69, 9.17) is 19.3 Å². The van der Waals surface area contributed by atoms with Crippen molar-refractivity contribution in [2.24, 2.45) is 5.92 Å². The lowest BCUT2D eigenvalue weighted by molar-refractivity contribution is -0.161. The summed E-state index contributed by atoms with van der Waals surface area (Å²) in [6.45, 7) is 5.79. The summed E-state index contributed by atoms with van der Waals surface area (Å²) in [7, 11) is -4.77. The molecule has 0 aromatic heterocycles. The molecule has 0 spiro atoms. The summed E-state index contributed by atoms with van der Waals surface area (Å²) < 4.78 is 26.3. The van der Waals surface area contributed by atoms with Crippen LogP contribution in [0, 0.1) is 5.92 Å². The topological polar surface area (TPSA) is 140 Å². The Labute approximate surface area is 304 Å². The summed E-state index contributed by atoms with van der Waals surface area (Å²) in [4.78, 5) is 42.8. The van der Waals surface area contributed by atoms with Gasteiger partial charge in [0.2, 0.25) is 0 Å². The van der Waals surface area contributed by atoms with Gasteiger partial charge in [-0.3, -0.25) is 14.1 Å². The van der Waals surface area contributed by atoms with Crippen molar-refractivity contribution in [1.82, 2.24) is 0 Å². The van der Waals surface area contributed by atoms with Crippen LogP contribution < -0.4 is 0 Å². The van der Waals surface area contributed by atoms with E-state index in [2.05, 4.69) is 31.4 Å². The molecule has 2 atom stereocenters. The van der Waals surface area contributed by atoms with Crippen LogP contribution in [0.15, 0.2) is 36.5 Å². The minimum Gasteiger partial charge on any atom is -0.462 e. The number of aliphatic hydroxyl groups is 1. The van der Waals surface area contributed by atoms with Gasteiger partial charge in [-0.15, -0.1) is 0 Å². The number of ether oxygens (including phenoxy) is 2. The van der Waals surface area contributed by atoms with Crippen LogP contribution in [0.4, 0.5) is 0 Å². The van der Waals surface area contributed by atoms with Crippen molar-refractivity contribution in [3.8, 4) is 0 Å². The number of hydrogen-bond acceptors (Lipinski definition) is 7. The van der Waals surface area contributed by atoms with Gasteiger partial charge in [-0.25, -0.2) is 4.57 Å². The third-order valence-electron chi connectivity index (χ3n) is 8.43. The molecule has 292 valence electrons. The van der Waals surface area contributed by atoms with Gasteiger partial charge in [0.15, 0.2) is 6.10 Å². The van der Waals surface area contributed by atoms with Crippen molar-refractivity contribution in [2.75, 3.05) is 13.2 Å². The minimum atomic E-state index is -4.77. The molecule has 50 heavy (non-hydrogen) atoms. The van der Waals surface area contributed by atoms with E-state index in [1.807, 2.05) is 24.3 Å². The fraction of sp³-hybridized carbons (Fsp3) is 0.800.